The zero-order valence-corrected chi connectivity index (χ0v) is 13.7. The predicted octanol–water partition coefficient (Wildman–Crippen LogP) is 3.62. The van der Waals surface area contributed by atoms with Gasteiger partial charge in [0.1, 0.15) is 4.32 Å². The molecule has 0 aromatic heterocycles. The summed E-state index contributed by atoms with van der Waals surface area (Å²) in [6.45, 7) is 1.36. The molecule has 0 bridgehead atoms. The lowest BCUT2D eigenvalue weighted by molar-refractivity contribution is -0.123. The monoisotopic (exact) mass is 331 g/mol. The Bertz CT molecular complexity index is 619. The number of thiocarbonyl (C=S) groups is 1. The minimum Gasteiger partial charge on any atom is -0.376 e. The topological polar surface area (TPSA) is 29.5 Å². The van der Waals surface area contributed by atoms with E-state index in [1.54, 1.807) is 4.90 Å². The van der Waals surface area contributed by atoms with Crippen LogP contribution in [0.5, 0.6) is 0 Å². The number of hydrogen-bond donors (Lipinski definition) is 0. The van der Waals surface area contributed by atoms with Gasteiger partial charge in [-0.15, -0.1) is 0 Å². The van der Waals surface area contributed by atoms with Gasteiger partial charge in [-0.2, -0.15) is 0 Å². The number of rotatable bonds is 4. The lowest BCUT2D eigenvalue weighted by atomic mass is 10.2. The van der Waals surface area contributed by atoms with E-state index in [0.29, 0.717) is 15.8 Å². The summed E-state index contributed by atoms with van der Waals surface area (Å²) in [7, 11) is 0. The zero-order chi connectivity index (χ0) is 15.4. The molecular weight excluding hydrogens is 314 g/mol. The summed E-state index contributed by atoms with van der Waals surface area (Å²) in [4.78, 5) is 14.7. The summed E-state index contributed by atoms with van der Waals surface area (Å²) >= 11 is 6.68. The highest BCUT2D eigenvalue weighted by Gasteiger charge is 2.34. The van der Waals surface area contributed by atoms with Crippen molar-refractivity contribution in [3.05, 3.63) is 53.0 Å². The maximum absolute atomic E-state index is 12.4. The Kier molecular flexibility index (Phi) is 5.08. The van der Waals surface area contributed by atoms with Gasteiger partial charge in [-0.3, -0.25) is 9.69 Å². The molecule has 3 rings (SSSR count). The maximum atomic E-state index is 12.4. The largest absolute Gasteiger partial charge is 0.376 e. The summed E-state index contributed by atoms with van der Waals surface area (Å²) in [5, 5.41) is 0. The van der Waals surface area contributed by atoms with Crippen LogP contribution in [-0.2, 0) is 9.53 Å². The first-order chi connectivity index (χ1) is 10.7. The Labute approximate surface area is 140 Å². The van der Waals surface area contributed by atoms with E-state index in [9.17, 15) is 4.79 Å². The van der Waals surface area contributed by atoms with Crippen LogP contribution in [0, 0.1) is 0 Å². The number of ether oxygens (including phenoxy) is 1. The number of thioether (sulfide) groups is 1. The molecule has 5 heteroatoms. The van der Waals surface area contributed by atoms with Gasteiger partial charge < -0.3 is 4.74 Å². The van der Waals surface area contributed by atoms with Crippen molar-refractivity contribution in [2.45, 2.75) is 18.9 Å². The van der Waals surface area contributed by atoms with E-state index in [4.69, 9.17) is 17.0 Å². The Morgan fingerprint density at radius 1 is 1.36 bits per heavy atom. The summed E-state index contributed by atoms with van der Waals surface area (Å²) in [5.74, 6) is -0.0109. The molecule has 2 fully saturated rings. The number of amides is 1. The molecule has 0 spiro atoms. The smallest absolute Gasteiger partial charge is 0.266 e. The molecule has 0 N–H and O–H groups in total. The average Bonchev–Trinajstić information content (AvgIpc) is 3.13. The van der Waals surface area contributed by atoms with Crippen LogP contribution in [0.3, 0.4) is 0 Å². The fourth-order valence-corrected chi connectivity index (χ4v) is 3.70. The van der Waals surface area contributed by atoms with Gasteiger partial charge in [-0.1, -0.05) is 66.5 Å². The Balaban J connectivity index is 1.65. The van der Waals surface area contributed by atoms with Gasteiger partial charge in [0.2, 0.25) is 0 Å². The number of carbonyl (C=O) groups excluding carboxylic acids is 1. The van der Waals surface area contributed by atoms with Crippen LogP contribution in [0.4, 0.5) is 0 Å². The van der Waals surface area contributed by atoms with E-state index in [2.05, 4.69) is 0 Å². The second kappa shape index (κ2) is 7.22. The molecule has 1 aromatic carbocycles. The molecule has 0 aliphatic carbocycles. The summed E-state index contributed by atoms with van der Waals surface area (Å²) in [6.07, 6.45) is 7.91. The lowest BCUT2D eigenvalue weighted by Crippen LogP contribution is -2.35. The minimum atomic E-state index is -0.0109. The van der Waals surface area contributed by atoms with Crippen LogP contribution in [0.2, 0.25) is 0 Å². The molecule has 2 saturated heterocycles. The molecule has 114 valence electrons. The van der Waals surface area contributed by atoms with E-state index in [0.717, 1.165) is 25.0 Å². The van der Waals surface area contributed by atoms with E-state index >= 15 is 0 Å². The highest BCUT2D eigenvalue weighted by atomic mass is 32.2. The zero-order valence-electron chi connectivity index (χ0n) is 12.1. The van der Waals surface area contributed by atoms with Crippen LogP contribution < -0.4 is 0 Å². The fourth-order valence-electron chi connectivity index (χ4n) is 2.47. The van der Waals surface area contributed by atoms with Crippen molar-refractivity contribution >= 4 is 40.3 Å². The SMILES string of the molecule is O=C1/C(=C/C=C/c2ccccc2)SC(=S)N1C[C@@H]1CCCO1. The van der Waals surface area contributed by atoms with Crippen molar-refractivity contribution in [3.63, 3.8) is 0 Å². The van der Waals surface area contributed by atoms with Crippen LogP contribution in [0.1, 0.15) is 18.4 Å². The van der Waals surface area contributed by atoms with Gasteiger partial charge in [-0.25, -0.2) is 0 Å². The van der Waals surface area contributed by atoms with Gasteiger partial charge in [0.05, 0.1) is 17.6 Å². The third kappa shape index (κ3) is 3.66. The second-order valence-corrected chi connectivity index (χ2v) is 6.90. The first-order valence-corrected chi connectivity index (χ1v) is 8.55. The molecule has 2 aliphatic rings. The van der Waals surface area contributed by atoms with Crippen LogP contribution in [-0.4, -0.2) is 34.4 Å². The number of hydrogen-bond acceptors (Lipinski definition) is 4. The molecule has 0 radical (unpaired) electrons. The van der Waals surface area contributed by atoms with Gasteiger partial charge in [0.25, 0.3) is 5.91 Å². The van der Waals surface area contributed by atoms with Crippen molar-refractivity contribution in [1.82, 2.24) is 4.90 Å². The summed E-state index contributed by atoms with van der Waals surface area (Å²) < 4.78 is 6.21. The Hall–Kier alpha value is -1.43. The molecule has 2 aliphatic heterocycles. The molecule has 1 atom stereocenters. The predicted molar refractivity (Wildman–Crippen MR) is 94.4 cm³/mol. The lowest BCUT2D eigenvalue weighted by Gasteiger charge is -2.18. The number of nitrogens with zero attached hydrogens (tertiary/aromatic N) is 1. The molecule has 0 saturated carbocycles. The molecule has 2 heterocycles. The highest BCUT2D eigenvalue weighted by Crippen LogP contribution is 2.32. The first kappa shape index (κ1) is 15.5. The number of carbonyl (C=O) groups is 1. The molecule has 0 unspecified atom stereocenters. The van der Waals surface area contributed by atoms with Crippen molar-refractivity contribution in [2.75, 3.05) is 13.2 Å². The summed E-state index contributed by atoms with van der Waals surface area (Å²) in [5.41, 5.74) is 1.11. The number of benzene rings is 1. The van der Waals surface area contributed by atoms with E-state index in [-0.39, 0.29) is 12.0 Å². The first-order valence-electron chi connectivity index (χ1n) is 7.33. The molecule has 1 aromatic rings. The molecular formula is C17H17NO2S2. The summed E-state index contributed by atoms with van der Waals surface area (Å²) in [6, 6.07) is 10.00. The van der Waals surface area contributed by atoms with Gasteiger partial charge in [0, 0.05) is 6.61 Å². The average molecular weight is 331 g/mol. The Morgan fingerprint density at radius 2 is 2.18 bits per heavy atom. The van der Waals surface area contributed by atoms with Gasteiger partial charge in [-0.05, 0) is 24.5 Å². The normalized spacial score (nSPS) is 24.1. The highest BCUT2D eigenvalue weighted by molar-refractivity contribution is 8.26. The van der Waals surface area contributed by atoms with Crippen molar-refractivity contribution < 1.29 is 9.53 Å². The Morgan fingerprint density at radius 3 is 2.91 bits per heavy atom. The van der Waals surface area contributed by atoms with E-state index < -0.39 is 0 Å². The van der Waals surface area contributed by atoms with E-state index in [1.807, 2.05) is 48.6 Å². The molecule has 1 amide bonds. The maximum Gasteiger partial charge on any atom is 0.266 e. The third-order valence-electron chi connectivity index (χ3n) is 3.62. The minimum absolute atomic E-state index is 0.0109. The van der Waals surface area contributed by atoms with Gasteiger partial charge in [0.15, 0.2) is 0 Å². The van der Waals surface area contributed by atoms with Crippen LogP contribution in [0.25, 0.3) is 6.08 Å². The third-order valence-corrected chi connectivity index (χ3v) is 5.02. The van der Waals surface area contributed by atoms with Crippen molar-refractivity contribution in [1.29, 1.82) is 0 Å². The van der Waals surface area contributed by atoms with Crippen LogP contribution in [0.15, 0.2) is 47.4 Å². The fraction of sp³-hybridized carbons (Fsp3) is 0.294. The standard InChI is InChI=1S/C17H17NO2S2/c19-16-15(10-4-8-13-6-2-1-3-7-13)22-17(21)18(16)12-14-9-5-11-20-14/h1-4,6-8,10,14H,5,9,11-12H2/b8-4+,15-10-/t14-/m0/s1. The van der Waals surface area contributed by atoms with Crippen molar-refractivity contribution in [3.8, 4) is 0 Å². The van der Waals surface area contributed by atoms with Crippen molar-refractivity contribution in [2.24, 2.45) is 0 Å². The van der Waals surface area contributed by atoms with Gasteiger partial charge >= 0.3 is 0 Å². The molecule has 3 nitrogen and oxygen atoms in total. The molecule has 22 heavy (non-hydrogen) atoms. The second-order valence-electron chi connectivity index (χ2n) is 5.22. The van der Waals surface area contributed by atoms with Crippen LogP contribution >= 0.6 is 24.0 Å². The quantitative estimate of drug-likeness (QED) is 0.622. The van der Waals surface area contributed by atoms with E-state index in [1.165, 1.54) is 11.8 Å². The number of allylic oxidation sites excluding steroid dienone is 2.